The highest BCUT2D eigenvalue weighted by molar-refractivity contribution is 9.10. The van der Waals surface area contributed by atoms with Crippen molar-refractivity contribution in [2.24, 2.45) is 17.8 Å². The molecule has 7 nitrogen and oxygen atoms in total. The Balaban J connectivity index is 1.26. The molecular weight excluding hydrogens is 608 g/mol. The number of allylic oxidation sites excluding steroid dienone is 6. The van der Waals surface area contributed by atoms with Crippen molar-refractivity contribution in [3.63, 3.8) is 0 Å². The molecule has 4 aliphatic rings. The number of ketones is 2. The van der Waals surface area contributed by atoms with Crippen LogP contribution in [0.15, 0.2) is 112 Å². The number of nitrogens with one attached hydrogen (secondary N) is 1. The molecule has 2 N–H and O–H groups in total. The minimum Gasteiger partial charge on any atom is -0.508 e. The van der Waals surface area contributed by atoms with E-state index >= 15 is 0 Å². The van der Waals surface area contributed by atoms with E-state index in [1.807, 2.05) is 48.5 Å². The maximum atomic E-state index is 14.1. The Kier molecular flexibility index (Phi) is 6.54. The predicted octanol–water partition coefficient (Wildman–Crippen LogP) is 6.53. The van der Waals surface area contributed by atoms with Crippen LogP contribution in [0.25, 0.3) is 0 Å². The number of amides is 2. The molecule has 0 bridgehead atoms. The van der Waals surface area contributed by atoms with E-state index in [0.717, 1.165) is 16.9 Å². The third kappa shape index (κ3) is 4.39. The van der Waals surface area contributed by atoms with Gasteiger partial charge >= 0.3 is 0 Å². The van der Waals surface area contributed by atoms with Gasteiger partial charge in [-0.2, -0.15) is 0 Å². The van der Waals surface area contributed by atoms with Gasteiger partial charge in [-0.15, -0.1) is 0 Å². The summed E-state index contributed by atoms with van der Waals surface area (Å²) in [6.07, 6.45) is 3.82. The summed E-state index contributed by atoms with van der Waals surface area (Å²) >= 11 is 3.48. The van der Waals surface area contributed by atoms with E-state index in [2.05, 4.69) is 21.2 Å². The van der Waals surface area contributed by atoms with Gasteiger partial charge in [-0.25, -0.2) is 0 Å². The molecular formula is C35H27BrN2O5. The first-order valence-corrected chi connectivity index (χ1v) is 15.0. The van der Waals surface area contributed by atoms with E-state index in [4.69, 9.17) is 0 Å². The number of para-hydroxylation sites is 1. The summed E-state index contributed by atoms with van der Waals surface area (Å²) in [6, 6.07) is 21.9. The number of imide groups is 1. The second-order valence-corrected chi connectivity index (χ2v) is 12.4. The molecule has 0 spiro atoms. The van der Waals surface area contributed by atoms with Crippen LogP contribution < -0.4 is 10.2 Å². The maximum absolute atomic E-state index is 14.1. The van der Waals surface area contributed by atoms with Gasteiger partial charge in [0.15, 0.2) is 11.6 Å². The number of benzene rings is 3. The van der Waals surface area contributed by atoms with Crippen LogP contribution in [-0.4, -0.2) is 28.5 Å². The molecule has 3 aromatic carbocycles. The second-order valence-electron chi connectivity index (χ2n) is 11.5. The molecule has 2 amide bonds. The number of carbonyl (C=O) groups excluding carboxylic acids is 4. The first-order chi connectivity index (χ1) is 20.7. The number of Topliss-reactive ketones (excluding diaryl/α,β-unsaturated/α-hetero) is 1. The number of aromatic hydroxyl groups is 1. The van der Waals surface area contributed by atoms with Gasteiger partial charge in [0.25, 0.3) is 0 Å². The van der Waals surface area contributed by atoms with Crippen molar-refractivity contribution in [2.45, 2.75) is 25.7 Å². The molecule has 0 radical (unpaired) electrons. The molecule has 1 saturated heterocycles. The number of phenols is 1. The van der Waals surface area contributed by atoms with Crippen molar-refractivity contribution in [2.75, 3.05) is 10.2 Å². The molecule has 1 fully saturated rings. The molecule has 4 atom stereocenters. The van der Waals surface area contributed by atoms with Crippen molar-refractivity contribution < 1.29 is 24.3 Å². The van der Waals surface area contributed by atoms with Crippen LogP contribution in [0.4, 0.5) is 17.1 Å². The Labute approximate surface area is 256 Å². The first-order valence-electron chi connectivity index (χ1n) is 14.2. The summed E-state index contributed by atoms with van der Waals surface area (Å²) in [7, 11) is 0. The highest BCUT2D eigenvalue weighted by atomic mass is 79.9. The predicted molar refractivity (Wildman–Crippen MR) is 166 cm³/mol. The molecule has 214 valence electrons. The van der Waals surface area contributed by atoms with Gasteiger partial charge in [0.2, 0.25) is 11.8 Å². The number of anilines is 3. The standard InChI is InChI=1S/C35H27BrN2O5/c1-18-15-29(40)27-17-25-23(30(32(27)33(18)41)26-16-19(36)7-14-28(26)39)12-13-24-31(25)35(43)38(34(24)42)22-10-8-21(9-11-22)37-20-5-3-2-4-6-20/h2-12,14-16,24-25,30-31,37,39H,13,17H2,1H3. The number of hydrogen-bond donors (Lipinski definition) is 2. The molecule has 0 aromatic heterocycles. The summed E-state index contributed by atoms with van der Waals surface area (Å²) in [4.78, 5) is 56.0. The van der Waals surface area contributed by atoms with Crippen molar-refractivity contribution in [1.29, 1.82) is 0 Å². The van der Waals surface area contributed by atoms with E-state index in [0.29, 0.717) is 38.9 Å². The first kappa shape index (κ1) is 27.3. The third-order valence-electron chi connectivity index (χ3n) is 9.05. The summed E-state index contributed by atoms with van der Waals surface area (Å²) in [5, 5.41) is 14.3. The summed E-state index contributed by atoms with van der Waals surface area (Å²) in [5.41, 5.74) is 4.58. The molecule has 1 heterocycles. The SMILES string of the molecule is CC1=CC(=O)C2=C(C1=O)C(c1cc(Br)ccc1O)C1=CCC3C(=O)N(c4ccc(Nc5ccccc5)cc4)C(=O)C3C1C2. The number of fused-ring (bicyclic) bond motifs is 3. The van der Waals surface area contributed by atoms with E-state index in [1.165, 1.54) is 11.0 Å². The third-order valence-corrected chi connectivity index (χ3v) is 9.55. The zero-order valence-corrected chi connectivity index (χ0v) is 24.8. The Morgan fingerprint density at radius 2 is 1.60 bits per heavy atom. The molecule has 4 unspecified atom stereocenters. The fourth-order valence-corrected chi connectivity index (χ4v) is 7.49. The maximum Gasteiger partial charge on any atom is 0.238 e. The van der Waals surface area contributed by atoms with Crippen molar-refractivity contribution in [3.8, 4) is 5.75 Å². The number of hydrogen-bond acceptors (Lipinski definition) is 6. The van der Waals surface area contributed by atoms with E-state index in [1.54, 1.807) is 37.3 Å². The quantitative estimate of drug-likeness (QED) is 0.192. The summed E-state index contributed by atoms with van der Waals surface area (Å²) in [6.45, 7) is 1.62. The Morgan fingerprint density at radius 3 is 2.35 bits per heavy atom. The lowest BCUT2D eigenvalue weighted by Gasteiger charge is -2.42. The number of rotatable bonds is 4. The van der Waals surface area contributed by atoms with Crippen molar-refractivity contribution in [3.05, 3.63) is 117 Å². The number of carbonyl (C=O) groups is 4. The van der Waals surface area contributed by atoms with Crippen LogP contribution in [0.1, 0.15) is 31.2 Å². The minimum atomic E-state index is -0.701. The number of phenolic OH excluding ortho intramolecular Hbond substituents is 1. The number of nitrogens with zero attached hydrogens (tertiary/aromatic N) is 1. The van der Waals surface area contributed by atoms with Crippen molar-refractivity contribution >= 4 is 56.4 Å². The molecule has 1 aliphatic heterocycles. The van der Waals surface area contributed by atoms with Crippen LogP contribution in [0.3, 0.4) is 0 Å². The average molecular weight is 636 g/mol. The smallest absolute Gasteiger partial charge is 0.238 e. The average Bonchev–Trinajstić information content (AvgIpc) is 3.26. The fraction of sp³-hybridized carbons (Fsp3) is 0.200. The lowest BCUT2D eigenvalue weighted by atomic mass is 9.59. The minimum absolute atomic E-state index is 0.00386. The van der Waals surface area contributed by atoms with E-state index < -0.39 is 23.7 Å². The Morgan fingerprint density at radius 1 is 0.884 bits per heavy atom. The normalized spacial score (nSPS) is 24.7. The topological polar surface area (TPSA) is 104 Å². The van der Waals surface area contributed by atoms with Gasteiger partial charge in [-0.05, 0) is 86.4 Å². The van der Waals surface area contributed by atoms with Gasteiger partial charge in [0.05, 0.1) is 17.5 Å². The van der Waals surface area contributed by atoms with Crippen molar-refractivity contribution in [1.82, 2.24) is 0 Å². The monoisotopic (exact) mass is 634 g/mol. The molecule has 3 aliphatic carbocycles. The molecule has 3 aromatic rings. The van der Waals surface area contributed by atoms with Crippen LogP contribution >= 0.6 is 15.9 Å². The van der Waals surface area contributed by atoms with Gasteiger partial charge < -0.3 is 10.4 Å². The lowest BCUT2D eigenvalue weighted by molar-refractivity contribution is -0.123. The van der Waals surface area contributed by atoms with Gasteiger partial charge in [0, 0.05) is 44.0 Å². The highest BCUT2D eigenvalue weighted by Crippen LogP contribution is 2.56. The molecule has 7 rings (SSSR count). The van der Waals surface area contributed by atoms with Crippen LogP contribution in [0.2, 0.25) is 0 Å². The zero-order valence-electron chi connectivity index (χ0n) is 23.2. The van der Waals surface area contributed by atoms with E-state index in [-0.39, 0.29) is 35.6 Å². The summed E-state index contributed by atoms with van der Waals surface area (Å²) < 4.78 is 0.712. The van der Waals surface area contributed by atoms with Crippen LogP contribution in [0, 0.1) is 17.8 Å². The molecule has 8 heteroatoms. The van der Waals surface area contributed by atoms with Gasteiger partial charge in [0.1, 0.15) is 5.75 Å². The molecule has 43 heavy (non-hydrogen) atoms. The second kappa shape index (κ2) is 10.3. The largest absolute Gasteiger partial charge is 0.508 e. The van der Waals surface area contributed by atoms with Gasteiger partial charge in [-0.1, -0.05) is 45.8 Å². The van der Waals surface area contributed by atoms with E-state index in [9.17, 15) is 24.3 Å². The summed E-state index contributed by atoms with van der Waals surface area (Å²) in [5.74, 6) is -3.50. The molecule has 0 saturated carbocycles. The van der Waals surface area contributed by atoms with Crippen LogP contribution in [0.5, 0.6) is 5.75 Å². The van der Waals surface area contributed by atoms with Crippen LogP contribution in [-0.2, 0) is 19.2 Å². The Hall–Kier alpha value is -4.56. The Bertz CT molecular complexity index is 1820. The highest BCUT2D eigenvalue weighted by Gasteiger charge is 2.56. The zero-order chi connectivity index (χ0) is 30.0. The lowest BCUT2D eigenvalue weighted by Crippen LogP contribution is -2.39. The number of halogens is 1. The fourth-order valence-electron chi connectivity index (χ4n) is 7.11. The van der Waals surface area contributed by atoms with Gasteiger partial charge in [-0.3, -0.25) is 24.1 Å².